The van der Waals surface area contributed by atoms with Crippen molar-refractivity contribution in [2.24, 2.45) is 0 Å². The Hall–Kier alpha value is -3.35. The zero-order valence-electron chi connectivity index (χ0n) is 19.8. The van der Waals surface area contributed by atoms with Crippen LogP contribution in [-0.4, -0.2) is 23.1 Å². The predicted octanol–water partition coefficient (Wildman–Crippen LogP) is 6.57. The highest BCUT2D eigenvalue weighted by atomic mass is 35.5. The van der Waals surface area contributed by atoms with Gasteiger partial charge in [0.2, 0.25) is 0 Å². The Morgan fingerprint density at radius 2 is 1.89 bits per heavy atom. The van der Waals surface area contributed by atoms with Crippen molar-refractivity contribution < 1.29 is 9.53 Å². The fourth-order valence-electron chi connectivity index (χ4n) is 4.39. The highest BCUT2D eigenvalue weighted by molar-refractivity contribution is 8.05. The first-order valence-corrected chi connectivity index (χ1v) is 12.6. The predicted molar refractivity (Wildman–Crippen MR) is 146 cm³/mol. The van der Waals surface area contributed by atoms with Gasteiger partial charge in [0.05, 0.1) is 17.7 Å². The average Bonchev–Trinajstić information content (AvgIpc) is 3.32. The molecule has 0 spiro atoms. The first-order chi connectivity index (χ1) is 16.9. The molecule has 4 aromatic rings. The fourth-order valence-corrected chi connectivity index (χ4v) is 5.47. The summed E-state index contributed by atoms with van der Waals surface area (Å²) >= 11 is 7.55. The first-order valence-electron chi connectivity index (χ1n) is 11.4. The minimum atomic E-state index is -0.285. The Labute approximate surface area is 214 Å². The van der Waals surface area contributed by atoms with E-state index >= 15 is 0 Å². The molecule has 1 aromatic heterocycles. The number of anilines is 1. The maximum absolute atomic E-state index is 12.9. The lowest BCUT2D eigenvalue weighted by Crippen LogP contribution is -2.31. The molecule has 178 valence electrons. The monoisotopic (exact) mass is 503 g/mol. The number of halogens is 1. The maximum atomic E-state index is 12.9. The number of benzene rings is 3. The van der Waals surface area contributed by atoms with Crippen LogP contribution in [0.1, 0.15) is 22.4 Å². The Balaban J connectivity index is 1.46. The number of nitrogens with one attached hydrogen (secondary N) is 2. The summed E-state index contributed by atoms with van der Waals surface area (Å²) in [7, 11) is 1.64. The van der Waals surface area contributed by atoms with Gasteiger partial charge in [-0.15, -0.1) is 0 Å². The zero-order valence-corrected chi connectivity index (χ0v) is 21.3. The summed E-state index contributed by atoms with van der Waals surface area (Å²) in [4.78, 5) is 13.6. The third-order valence-corrected chi connectivity index (χ3v) is 7.46. The molecule has 0 radical (unpaired) electrons. The number of carbonyl (C=O) groups excluding carboxylic acids is 1. The molecule has 3 aromatic carbocycles. The van der Waals surface area contributed by atoms with Gasteiger partial charge in [-0.3, -0.25) is 4.79 Å². The highest BCUT2D eigenvalue weighted by Crippen LogP contribution is 2.36. The average molecular weight is 504 g/mol. The smallest absolute Gasteiger partial charge is 0.260 e. The maximum Gasteiger partial charge on any atom is 0.260 e. The van der Waals surface area contributed by atoms with E-state index in [9.17, 15) is 4.79 Å². The molecular weight excluding hydrogens is 478 g/mol. The van der Waals surface area contributed by atoms with Gasteiger partial charge in [0.15, 0.2) is 5.50 Å². The molecule has 2 N–H and O–H groups in total. The number of hydrogen-bond donors (Lipinski definition) is 2. The Morgan fingerprint density at radius 3 is 2.66 bits per heavy atom. The third kappa shape index (κ3) is 4.77. The molecule has 5 rings (SSSR count). The number of nitrogens with zero attached hydrogens (tertiary/aromatic N) is 1. The SMILES string of the molecule is COc1ccc(C)cc1NC1NC(=O)/C(=C/c2c(C)n(Cc3ccc(Cl)cc3)c3ccccc23)S1. The Kier molecular flexibility index (Phi) is 6.50. The lowest BCUT2D eigenvalue weighted by molar-refractivity contribution is -0.116. The van der Waals surface area contributed by atoms with Gasteiger partial charge in [-0.25, -0.2) is 0 Å². The molecular formula is C28H26ClN3O2S. The van der Waals surface area contributed by atoms with E-state index in [2.05, 4.69) is 34.3 Å². The lowest BCUT2D eigenvalue weighted by Gasteiger charge is -2.16. The molecule has 0 aliphatic carbocycles. The molecule has 1 aliphatic rings. The second-order valence-electron chi connectivity index (χ2n) is 8.56. The summed E-state index contributed by atoms with van der Waals surface area (Å²) in [5, 5.41) is 8.27. The number of methoxy groups -OCH3 is 1. The number of aromatic nitrogens is 1. The molecule has 1 aliphatic heterocycles. The van der Waals surface area contributed by atoms with Gasteiger partial charge >= 0.3 is 0 Å². The molecule has 35 heavy (non-hydrogen) atoms. The van der Waals surface area contributed by atoms with E-state index in [-0.39, 0.29) is 11.4 Å². The minimum absolute atomic E-state index is 0.0898. The van der Waals surface area contributed by atoms with Crippen LogP contribution in [0.25, 0.3) is 17.0 Å². The third-order valence-electron chi connectivity index (χ3n) is 6.18. The number of carbonyl (C=O) groups is 1. The molecule has 5 nitrogen and oxygen atoms in total. The second-order valence-corrected chi connectivity index (χ2v) is 10.1. The Bertz CT molecular complexity index is 1440. The van der Waals surface area contributed by atoms with Crippen LogP contribution < -0.4 is 15.4 Å². The largest absolute Gasteiger partial charge is 0.495 e. The normalized spacial score (nSPS) is 16.6. The quantitative estimate of drug-likeness (QED) is 0.292. The van der Waals surface area contributed by atoms with Gasteiger partial charge in [0.25, 0.3) is 5.91 Å². The molecule has 1 saturated heterocycles. The van der Waals surface area contributed by atoms with Crippen LogP contribution >= 0.6 is 23.4 Å². The van der Waals surface area contributed by atoms with Crippen molar-refractivity contribution in [1.29, 1.82) is 0 Å². The number of rotatable bonds is 6. The van der Waals surface area contributed by atoms with E-state index in [1.807, 2.05) is 67.6 Å². The minimum Gasteiger partial charge on any atom is -0.495 e. The van der Waals surface area contributed by atoms with E-state index in [0.29, 0.717) is 4.91 Å². The van der Waals surface area contributed by atoms with Gasteiger partial charge in [-0.1, -0.05) is 59.8 Å². The van der Waals surface area contributed by atoms with Crippen molar-refractivity contribution in [1.82, 2.24) is 9.88 Å². The second kappa shape index (κ2) is 9.72. The van der Waals surface area contributed by atoms with Crippen LogP contribution in [0.2, 0.25) is 5.02 Å². The van der Waals surface area contributed by atoms with Crippen molar-refractivity contribution in [2.45, 2.75) is 25.9 Å². The van der Waals surface area contributed by atoms with Crippen LogP contribution in [0.5, 0.6) is 5.75 Å². The van der Waals surface area contributed by atoms with Gasteiger partial charge in [0, 0.05) is 33.7 Å². The molecule has 2 heterocycles. The van der Waals surface area contributed by atoms with Crippen LogP contribution in [0.3, 0.4) is 0 Å². The topological polar surface area (TPSA) is 55.3 Å². The van der Waals surface area contributed by atoms with Gasteiger partial charge < -0.3 is 19.9 Å². The van der Waals surface area contributed by atoms with Crippen molar-refractivity contribution >= 4 is 51.9 Å². The van der Waals surface area contributed by atoms with Crippen LogP contribution in [-0.2, 0) is 11.3 Å². The summed E-state index contributed by atoms with van der Waals surface area (Å²) in [5.74, 6) is 0.650. The first kappa shape index (κ1) is 23.4. The summed E-state index contributed by atoms with van der Waals surface area (Å²) in [6, 6.07) is 22.2. The Morgan fingerprint density at radius 1 is 1.11 bits per heavy atom. The molecule has 7 heteroatoms. The molecule has 0 bridgehead atoms. The van der Waals surface area contributed by atoms with Crippen molar-refractivity contribution in [3.05, 3.63) is 99.0 Å². The number of hydrogen-bond acceptors (Lipinski definition) is 4. The molecule has 1 amide bonds. The van der Waals surface area contributed by atoms with Gasteiger partial charge in [-0.05, 0) is 61.4 Å². The fraction of sp³-hybridized carbons (Fsp3) is 0.179. The van der Waals surface area contributed by atoms with E-state index in [0.717, 1.165) is 50.7 Å². The lowest BCUT2D eigenvalue weighted by atomic mass is 10.1. The summed E-state index contributed by atoms with van der Waals surface area (Å²) in [6.45, 7) is 4.86. The van der Waals surface area contributed by atoms with Crippen LogP contribution in [0, 0.1) is 13.8 Å². The molecule has 1 atom stereocenters. The van der Waals surface area contributed by atoms with E-state index < -0.39 is 0 Å². The number of thioether (sulfide) groups is 1. The molecule has 0 saturated carbocycles. The van der Waals surface area contributed by atoms with E-state index in [1.165, 1.54) is 17.3 Å². The molecule has 1 unspecified atom stereocenters. The number of ether oxygens (including phenoxy) is 1. The summed E-state index contributed by atoms with van der Waals surface area (Å²) in [6.07, 6.45) is 2.01. The summed E-state index contributed by atoms with van der Waals surface area (Å²) < 4.78 is 7.76. The number of aryl methyl sites for hydroxylation is 1. The van der Waals surface area contributed by atoms with Gasteiger partial charge in [0.1, 0.15) is 5.75 Å². The summed E-state index contributed by atoms with van der Waals surface area (Å²) in [5.41, 5.74) is 6.15. The van der Waals surface area contributed by atoms with E-state index in [4.69, 9.17) is 16.3 Å². The van der Waals surface area contributed by atoms with E-state index in [1.54, 1.807) is 7.11 Å². The van der Waals surface area contributed by atoms with Crippen molar-refractivity contribution in [3.8, 4) is 5.75 Å². The standard InChI is InChI=1S/C28H26ClN3O2S/c1-17-8-13-25(34-3)23(14-17)30-28-31-27(33)26(35-28)15-22-18(2)32(24-7-5-4-6-21(22)24)16-19-9-11-20(29)12-10-19/h4-15,28,30H,16H2,1-3H3,(H,31,33)/b26-15-. The number of para-hydroxylation sites is 1. The molecule has 1 fully saturated rings. The van der Waals surface area contributed by atoms with Crippen molar-refractivity contribution in [2.75, 3.05) is 12.4 Å². The zero-order chi connectivity index (χ0) is 24.5. The van der Waals surface area contributed by atoms with Crippen LogP contribution in [0.4, 0.5) is 5.69 Å². The van der Waals surface area contributed by atoms with Gasteiger partial charge in [-0.2, -0.15) is 0 Å². The van der Waals surface area contributed by atoms with Crippen LogP contribution in [0.15, 0.2) is 71.6 Å². The number of amides is 1. The number of fused-ring (bicyclic) bond motifs is 1. The van der Waals surface area contributed by atoms with Crippen molar-refractivity contribution in [3.63, 3.8) is 0 Å². The highest BCUT2D eigenvalue weighted by Gasteiger charge is 2.28.